The van der Waals surface area contributed by atoms with E-state index >= 15 is 0 Å². The van der Waals surface area contributed by atoms with Crippen LogP contribution >= 0.6 is 0 Å². The predicted molar refractivity (Wildman–Crippen MR) is 93.9 cm³/mol. The largest absolute Gasteiger partial charge is 0.494 e. The maximum Gasteiger partial charge on any atom is 0.494 e. The summed E-state index contributed by atoms with van der Waals surface area (Å²) in [6.45, 7) is 4.97. The van der Waals surface area contributed by atoms with Gasteiger partial charge in [0.25, 0.3) is 0 Å². The van der Waals surface area contributed by atoms with Gasteiger partial charge in [0.2, 0.25) is 0 Å². The summed E-state index contributed by atoms with van der Waals surface area (Å²) in [5, 5.41) is 0. The summed E-state index contributed by atoms with van der Waals surface area (Å²) in [5.41, 5.74) is 2.55. The van der Waals surface area contributed by atoms with Gasteiger partial charge in [0.05, 0.1) is 19.3 Å². The van der Waals surface area contributed by atoms with E-state index in [9.17, 15) is 4.39 Å². The van der Waals surface area contributed by atoms with Crippen LogP contribution in [0.5, 0.6) is 0 Å². The van der Waals surface area contributed by atoms with Gasteiger partial charge in [0.15, 0.2) is 6.29 Å². The second-order valence-electron chi connectivity index (χ2n) is 5.88. The van der Waals surface area contributed by atoms with Crippen LogP contribution in [0, 0.1) is 5.82 Å². The Kier molecular flexibility index (Phi) is 6.21. The Morgan fingerprint density at radius 2 is 2.00 bits per heavy atom. The first-order valence-corrected chi connectivity index (χ1v) is 8.51. The maximum absolute atomic E-state index is 13.7. The van der Waals surface area contributed by atoms with Crippen LogP contribution in [0.15, 0.2) is 48.5 Å². The molecule has 0 aromatic heterocycles. The van der Waals surface area contributed by atoms with E-state index in [1.165, 1.54) is 12.1 Å². The van der Waals surface area contributed by atoms with Crippen molar-refractivity contribution >= 4 is 12.6 Å². The normalized spacial score (nSPS) is 18.5. The molecule has 0 radical (unpaired) electrons. The minimum absolute atomic E-state index is 0.132. The summed E-state index contributed by atoms with van der Waals surface area (Å²) in [5.74, 6) is -0.316. The zero-order valence-electron chi connectivity index (χ0n) is 14.5. The molecular weight excluding hydrogens is 322 g/mol. The van der Waals surface area contributed by atoms with Crippen molar-refractivity contribution in [3.05, 3.63) is 65.5 Å². The Morgan fingerprint density at radius 1 is 1.20 bits per heavy atom. The van der Waals surface area contributed by atoms with Gasteiger partial charge >= 0.3 is 7.12 Å². The van der Waals surface area contributed by atoms with Crippen molar-refractivity contribution in [2.45, 2.75) is 32.8 Å². The molecule has 6 heteroatoms. The van der Waals surface area contributed by atoms with Crippen LogP contribution in [-0.4, -0.2) is 26.6 Å². The fourth-order valence-electron chi connectivity index (χ4n) is 2.83. The van der Waals surface area contributed by atoms with Gasteiger partial charge in [-0.15, -0.1) is 0 Å². The first kappa shape index (κ1) is 18.1. The van der Waals surface area contributed by atoms with Gasteiger partial charge < -0.3 is 18.8 Å². The van der Waals surface area contributed by atoms with Crippen molar-refractivity contribution in [3.8, 4) is 0 Å². The number of halogens is 1. The molecule has 132 valence electrons. The van der Waals surface area contributed by atoms with Crippen molar-refractivity contribution in [1.82, 2.24) is 0 Å². The number of hydrogen-bond acceptors (Lipinski definition) is 4. The Bertz CT molecular complexity index is 682. The van der Waals surface area contributed by atoms with Crippen LogP contribution in [0.1, 0.15) is 31.1 Å². The van der Waals surface area contributed by atoms with Crippen molar-refractivity contribution in [3.63, 3.8) is 0 Å². The molecule has 0 bridgehead atoms. The Hall–Kier alpha value is -1.73. The molecule has 1 saturated heterocycles. The molecule has 2 aromatic rings. The summed E-state index contributed by atoms with van der Waals surface area (Å²) < 4.78 is 36.5. The van der Waals surface area contributed by atoms with E-state index in [4.69, 9.17) is 18.8 Å². The molecule has 0 saturated carbocycles. The molecule has 1 heterocycles. The molecular formula is C19H22BFO4. The standard InChI is InChI=1S/C19H22BFO4/c1-3-22-14(2)23-12-16-11-17(21)9-10-18(16)20-24-13-19(25-20)15-7-5-4-6-8-15/h4-11,14,19H,3,12-13H2,1-2H3. The van der Waals surface area contributed by atoms with E-state index in [-0.39, 0.29) is 24.8 Å². The molecule has 1 fully saturated rings. The van der Waals surface area contributed by atoms with Crippen LogP contribution in [0.2, 0.25) is 0 Å². The Labute approximate surface area is 148 Å². The van der Waals surface area contributed by atoms with Crippen LogP contribution in [0.4, 0.5) is 4.39 Å². The minimum Gasteiger partial charge on any atom is -0.404 e. The van der Waals surface area contributed by atoms with Gasteiger partial charge in [-0.05, 0) is 42.6 Å². The molecule has 0 aliphatic carbocycles. The quantitative estimate of drug-likeness (QED) is 0.571. The van der Waals surface area contributed by atoms with Crippen molar-refractivity contribution in [2.75, 3.05) is 13.2 Å². The third kappa shape index (κ3) is 4.67. The highest BCUT2D eigenvalue weighted by atomic mass is 19.1. The van der Waals surface area contributed by atoms with E-state index in [2.05, 4.69) is 0 Å². The van der Waals surface area contributed by atoms with E-state index in [0.29, 0.717) is 18.8 Å². The lowest BCUT2D eigenvalue weighted by molar-refractivity contribution is -0.134. The zero-order valence-corrected chi connectivity index (χ0v) is 14.5. The molecule has 0 spiro atoms. The fourth-order valence-corrected chi connectivity index (χ4v) is 2.83. The Balaban J connectivity index is 1.71. The lowest BCUT2D eigenvalue weighted by atomic mass is 9.76. The van der Waals surface area contributed by atoms with E-state index in [1.54, 1.807) is 6.07 Å². The number of ether oxygens (including phenoxy) is 2. The predicted octanol–water partition coefficient (Wildman–Crippen LogP) is 3.21. The fraction of sp³-hybridized carbons (Fsp3) is 0.368. The molecule has 0 N–H and O–H groups in total. The van der Waals surface area contributed by atoms with Gasteiger partial charge in [-0.2, -0.15) is 0 Å². The zero-order chi connectivity index (χ0) is 17.6. The van der Waals surface area contributed by atoms with Crippen LogP contribution < -0.4 is 5.46 Å². The lowest BCUT2D eigenvalue weighted by Crippen LogP contribution is -2.35. The molecule has 3 rings (SSSR count). The van der Waals surface area contributed by atoms with E-state index in [1.807, 2.05) is 44.2 Å². The maximum atomic E-state index is 13.7. The van der Waals surface area contributed by atoms with Crippen LogP contribution in [-0.2, 0) is 25.4 Å². The highest BCUT2D eigenvalue weighted by Gasteiger charge is 2.35. The summed E-state index contributed by atoms with van der Waals surface area (Å²) in [6, 6.07) is 14.5. The van der Waals surface area contributed by atoms with Gasteiger partial charge in [0.1, 0.15) is 5.82 Å². The highest BCUT2D eigenvalue weighted by Crippen LogP contribution is 2.25. The molecule has 4 nitrogen and oxygen atoms in total. The second kappa shape index (κ2) is 8.58. The SMILES string of the molecule is CCOC(C)OCc1cc(F)ccc1B1OCC(c2ccccc2)O1. The smallest absolute Gasteiger partial charge is 0.404 e. The topological polar surface area (TPSA) is 36.9 Å². The lowest BCUT2D eigenvalue weighted by Gasteiger charge is -2.16. The number of benzene rings is 2. The monoisotopic (exact) mass is 344 g/mol. The van der Waals surface area contributed by atoms with E-state index < -0.39 is 7.12 Å². The number of rotatable bonds is 7. The van der Waals surface area contributed by atoms with Gasteiger partial charge in [-0.25, -0.2) is 4.39 Å². The molecule has 2 atom stereocenters. The molecule has 1 aliphatic heterocycles. The minimum atomic E-state index is -0.535. The average molecular weight is 344 g/mol. The highest BCUT2D eigenvalue weighted by molar-refractivity contribution is 6.62. The van der Waals surface area contributed by atoms with Gasteiger partial charge in [-0.1, -0.05) is 36.4 Å². The Morgan fingerprint density at radius 3 is 2.76 bits per heavy atom. The van der Waals surface area contributed by atoms with E-state index in [0.717, 1.165) is 11.0 Å². The molecule has 1 aliphatic rings. The molecule has 25 heavy (non-hydrogen) atoms. The summed E-state index contributed by atoms with van der Waals surface area (Å²) in [7, 11) is -0.535. The van der Waals surface area contributed by atoms with Crippen molar-refractivity contribution in [2.24, 2.45) is 0 Å². The summed E-state index contributed by atoms with van der Waals surface area (Å²) >= 11 is 0. The summed E-state index contributed by atoms with van der Waals surface area (Å²) in [4.78, 5) is 0. The first-order valence-electron chi connectivity index (χ1n) is 8.51. The molecule has 2 unspecified atom stereocenters. The van der Waals surface area contributed by atoms with Gasteiger partial charge in [-0.3, -0.25) is 0 Å². The third-order valence-electron chi connectivity index (χ3n) is 4.09. The average Bonchev–Trinajstić information content (AvgIpc) is 3.11. The van der Waals surface area contributed by atoms with Crippen LogP contribution in [0.25, 0.3) is 0 Å². The number of hydrogen-bond donors (Lipinski definition) is 0. The van der Waals surface area contributed by atoms with Crippen LogP contribution in [0.3, 0.4) is 0 Å². The second-order valence-corrected chi connectivity index (χ2v) is 5.88. The van der Waals surface area contributed by atoms with Gasteiger partial charge in [0, 0.05) is 6.61 Å². The summed E-state index contributed by atoms with van der Waals surface area (Å²) in [6.07, 6.45) is -0.490. The first-order chi connectivity index (χ1) is 12.2. The van der Waals surface area contributed by atoms with Crippen molar-refractivity contribution in [1.29, 1.82) is 0 Å². The third-order valence-corrected chi connectivity index (χ3v) is 4.09. The van der Waals surface area contributed by atoms with Crippen molar-refractivity contribution < 1.29 is 23.2 Å². The molecule has 0 amide bonds. The molecule has 2 aromatic carbocycles.